The number of rotatable bonds is 11. The van der Waals surface area contributed by atoms with Gasteiger partial charge < -0.3 is 60.0 Å². The molecule has 2 aromatic rings. The number of nitrogens with one attached hydrogen (secondary N) is 3. The second-order valence-corrected chi connectivity index (χ2v) is 29.8. The number of halogens is 10. The molecule has 9 atom stereocenters. The van der Waals surface area contributed by atoms with E-state index in [9.17, 15) is 59.9 Å². The van der Waals surface area contributed by atoms with Crippen LogP contribution in [0.25, 0.3) is 0 Å². The van der Waals surface area contributed by atoms with Crippen LogP contribution < -0.4 is 16.0 Å². The summed E-state index contributed by atoms with van der Waals surface area (Å²) in [7, 11) is 10.3. The van der Waals surface area contributed by atoms with Gasteiger partial charge in [-0.05, 0) is 117 Å². The zero-order valence-corrected chi connectivity index (χ0v) is 61.7. The standard InChI is InChI=1S/C73H96F10N12O12/c1-11-41(2)59-67(105)89(6)39-57(98)90(7)50-20-13-12-16-31-94(66(50)104)53(35-43-23-26-46(27-24-43)72(78,79)80)65(103)88(5)38-55(96)84-49(28-25-44-32-47(74)58(48(75)33-44)73(81,82)83)63(101)95-40-71(76,77)37-54(95)62(100)86-70(29-17-30-70)69(107)93(10)60(45-18-14-15-19-45)68(106)92(9)52(64(102)87(3)4)36-56(97)91(8)51(61(99)85-59)34-42-21-22-42/h12-13,23-24,26-27,32-33,41-42,45,49-54,59-60H,11,14-22,25,28-31,34-40H2,1-10H3,(H,84,96)(H,85,99)(H,86,100)/b13-12-/t41-,49-,50-,51-,52-,53-,54-,59-,60-/m0/s1. The number of nitrogens with zero attached hydrogens (tertiary/aromatic N) is 9. The molecule has 1 spiro atoms. The SMILES string of the molecule is CC[C@H](C)[C@@H]1NC(=O)[C@H](CC2CC2)N(C)C(=O)C[C@@H](C(=O)N(C)C)N(C)C(=O)[C@H](C2CCCC2)N(C)C(=O)C2(CCC2)NC(=O)[C@@H]2CC(F)(F)CN2C(=O)[C@H](CCc2cc(F)c(C(F)(F)F)c(F)c2)NC(=O)CN(C)C(=O)[C@H](Cc2ccc(C(F)(F)F)cc2)N2CC/C=C\C[C@@H](C2=O)N(C)C(=O)CN(C)C1=O. The maximum atomic E-state index is 16.1. The predicted molar refractivity (Wildman–Crippen MR) is 366 cm³/mol. The summed E-state index contributed by atoms with van der Waals surface area (Å²) in [5, 5.41) is 7.74. The fourth-order valence-corrected chi connectivity index (χ4v) is 14.9. The number of carbonyl (C=O) groups excluding carboxylic acids is 12. The van der Waals surface area contributed by atoms with Gasteiger partial charge in [-0.25, -0.2) is 17.6 Å². The summed E-state index contributed by atoms with van der Waals surface area (Å²) in [6.45, 7) is -0.183. The number of aryl methyl sites for hydroxylation is 1. The van der Waals surface area contributed by atoms with Crippen LogP contribution in [0.2, 0.25) is 0 Å². The molecule has 2 saturated heterocycles. The van der Waals surface area contributed by atoms with Gasteiger partial charge in [0.05, 0.1) is 31.6 Å². The van der Waals surface area contributed by atoms with Crippen molar-refractivity contribution in [2.45, 2.75) is 202 Å². The topological polar surface area (TPSA) is 270 Å². The Hall–Kier alpha value is -8.88. The molecule has 12 amide bonds. The first-order valence-corrected chi connectivity index (χ1v) is 36.0. The Morgan fingerprint density at radius 2 is 1.27 bits per heavy atom. The van der Waals surface area contributed by atoms with Crippen molar-refractivity contribution in [3.05, 3.63) is 82.4 Å². The normalized spacial score (nSPS) is 26.7. The van der Waals surface area contributed by atoms with Crippen molar-refractivity contribution in [1.82, 2.24) is 60.0 Å². The Morgan fingerprint density at radius 1 is 0.654 bits per heavy atom. The maximum absolute atomic E-state index is 16.1. The first-order chi connectivity index (χ1) is 50.0. The Bertz CT molecular complexity index is 3690. The maximum Gasteiger partial charge on any atom is 0.422 e. The molecular formula is C73H96F10N12O12. The molecule has 2 bridgehead atoms. The lowest BCUT2D eigenvalue weighted by atomic mass is 9.74. The largest absolute Gasteiger partial charge is 0.422 e. The van der Waals surface area contributed by atoms with E-state index >= 15 is 41.5 Å². The average molecular weight is 1520 g/mol. The average Bonchev–Trinajstić information content (AvgIpc) is 1.75. The molecule has 3 saturated carbocycles. The molecule has 3 aliphatic heterocycles. The van der Waals surface area contributed by atoms with Crippen molar-refractivity contribution in [2.75, 3.05) is 82.6 Å². The number of likely N-dealkylation sites (N-methyl/N-ethyl adjacent to an activating group) is 7. The Labute approximate surface area is 614 Å². The minimum absolute atomic E-state index is 0.0346. The summed E-state index contributed by atoms with van der Waals surface area (Å²) < 4.78 is 146. The lowest BCUT2D eigenvalue weighted by Crippen LogP contribution is -2.68. The van der Waals surface area contributed by atoms with E-state index in [0.29, 0.717) is 62.0 Å². The summed E-state index contributed by atoms with van der Waals surface area (Å²) in [6, 6.07) is -8.89. The molecule has 3 heterocycles. The summed E-state index contributed by atoms with van der Waals surface area (Å²) in [4.78, 5) is 188. The molecule has 6 aliphatic rings. The molecule has 8 rings (SSSR count). The molecule has 590 valence electrons. The molecule has 34 heteroatoms. The molecule has 2 aromatic carbocycles. The van der Waals surface area contributed by atoms with E-state index in [2.05, 4.69) is 16.0 Å². The Morgan fingerprint density at radius 3 is 1.83 bits per heavy atom. The predicted octanol–water partition coefficient (Wildman–Crippen LogP) is 5.72. The number of amides is 12. The van der Waals surface area contributed by atoms with E-state index in [1.165, 1.54) is 49.3 Å². The number of hydrogen-bond donors (Lipinski definition) is 3. The molecule has 0 aromatic heterocycles. The third kappa shape index (κ3) is 19.7. The minimum Gasteiger partial charge on any atom is -0.347 e. The number of benzene rings is 2. The molecule has 0 radical (unpaired) electrons. The summed E-state index contributed by atoms with van der Waals surface area (Å²) in [5.41, 5.74) is -5.75. The highest BCUT2D eigenvalue weighted by Crippen LogP contribution is 2.41. The number of alkyl halides is 8. The van der Waals surface area contributed by atoms with Crippen LogP contribution in [-0.4, -0.2) is 257 Å². The van der Waals surface area contributed by atoms with Crippen LogP contribution >= 0.6 is 0 Å². The Kier molecular flexibility index (Phi) is 26.7. The molecule has 5 fully saturated rings. The van der Waals surface area contributed by atoms with Gasteiger partial charge in [0.15, 0.2) is 0 Å². The lowest BCUT2D eigenvalue weighted by Gasteiger charge is -2.46. The summed E-state index contributed by atoms with van der Waals surface area (Å²) in [5.74, 6) is -20.8. The van der Waals surface area contributed by atoms with E-state index in [1.807, 2.05) is 0 Å². The summed E-state index contributed by atoms with van der Waals surface area (Å²) in [6.07, 6.45) is -7.68. The van der Waals surface area contributed by atoms with Crippen LogP contribution in [0.3, 0.4) is 0 Å². The second kappa shape index (κ2) is 34.1. The number of carbonyl (C=O) groups is 12. The summed E-state index contributed by atoms with van der Waals surface area (Å²) >= 11 is 0. The fraction of sp³-hybridized carbons (Fsp3) is 0.644. The van der Waals surface area contributed by atoms with Crippen molar-refractivity contribution in [2.24, 2.45) is 17.8 Å². The minimum atomic E-state index is -5.52. The lowest BCUT2D eigenvalue weighted by molar-refractivity contribution is -0.158. The van der Waals surface area contributed by atoms with Gasteiger partial charge >= 0.3 is 12.4 Å². The van der Waals surface area contributed by atoms with Crippen LogP contribution in [0.4, 0.5) is 43.9 Å². The number of fused-ring (bicyclic) bond motifs is 3. The highest BCUT2D eigenvalue weighted by atomic mass is 19.4. The zero-order chi connectivity index (χ0) is 79.3. The van der Waals surface area contributed by atoms with E-state index in [0.717, 1.165) is 70.5 Å². The highest BCUT2D eigenvalue weighted by Gasteiger charge is 2.56. The van der Waals surface area contributed by atoms with E-state index in [-0.39, 0.29) is 56.6 Å². The Balaban J connectivity index is 1.22. The van der Waals surface area contributed by atoms with Gasteiger partial charge in [0.1, 0.15) is 71.1 Å². The van der Waals surface area contributed by atoms with Crippen molar-refractivity contribution < 1.29 is 101 Å². The first-order valence-electron chi connectivity index (χ1n) is 36.0. The molecule has 107 heavy (non-hydrogen) atoms. The molecule has 3 aliphatic carbocycles. The van der Waals surface area contributed by atoms with Crippen LogP contribution in [0.15, 0.2) is 48.6 Å². The van der Waals surface area contributed by atoms with Gasteiger partial charge in [0, 0.05) is 75.8 Å². The van der Waals surface area contributed by atoms with Gasteiger partial charge in [-0.15, -0.1) is 0 Å². The quantitative estimate of drug-likeness (QED) is 0.180. The molecule has 0 unspecified atom stereocenters. The third-order valence-corrected chi connectivity index (χ3v) is 21.9. The van der Waals surface area contributed by atoms with Gasteiger partial charge in [0.2, 0.25) is 70.9 Å². The van der Waals surface area contributed by atoms with Crippen molar-refractivity contribution >= 4 is 70.9 Å². The fourth-order valence-electron chi connectivity index (χ4n) is 14.9. The van der Waals surface area contributed by atoms with Gasteiger partial charge in [-0.3, -0.25) is 57.5 Å². The van der Waals surface area contributed by atoms with E-state index in [4.69, 9.17) is 0 Å². The van der Waals surface area contributed by atoms with Gasteiger partial charge in [-0.1, -0.05) is 70.2 Å². The zero-order valence-electron chi connectivity index (χ0n) is 61.7. The number of hydrogen-bond acceptors (Lipinski definition) is 12. The van der Waals surface area contributed by atoms with Crippen LogP contribution in [0, 0.1) is 29.4 Å². The van der Waals surface area contributed by atoms with Crippen molar-refractivity contribution in [3.63, 3.8) is 0 Å². The second-order valence-electron chi connectivity index (χ2n) is 29.8. The van der Waals surface area contributed by atoms with Crippen LogP contribution in [-0.2, 0) is 82.7 Å². The third-order valence-electron chi connectivity index (χ3n) is 21.9. The van der Waals surface area contributed by atoms with Gasteiger partial charge in [0.25, 0.3) is 5.92 Å². The molecular weight excluding hydrogens is 1430 g/mol. The van der Waals surface area contributed by atoms with E-state index < -0.39 is 235 Å². The highest BCUT2D eigenvalue weighted by molar-refractivity contribution is 6.01. The van der Waals surface area contributed by atoms with Gasteiger partial charge in [-0.2, -0.15) is 26.3 Å². The smallest absolute Gasteiger partial charge is 0.347 e. The van der Waals surface area contributed by atoms with Crippen molar-refractivity contribution in [3.8, 4) is 0 Å². The van der Waals surface area contributed by atoms with Crippen LogP contribution in [0.1, 0.15) is 139 Å². The first kappa shape index (κ1) is 83.8. The van der Waals surface area contributed by atoms with Crippen molar-refractivity contribution in [1.29, 1.82) is 0 Å². The van der Waals surface area contributed by atoms with E-state index in [1.54, 1.807) is 26.0 Å². The monoisotopic (exact) mass is 1520 g/mol. The molecule has 24 nitrogen and oxygen atoms in total. The molecule has 3 N–H and O–H groups in total. The van der Waals surface area contributed by atoms with Crippen LogP contribution in [0.5, 0.6) is 0 Å².